The molecule has 0 saturated carbocycles. The van der Waals surface area contributed by atoms with Crippen LogP contribution in [0.1, 0.15) is 28.4 Å². The molecule has 12 heavy (non-hydrogen) atoms. The van der Waals surface area contributed by atoms with Crippen LogP contribution in [-0.4, -0.2) is 5.78 Å². The highest BCUT2D eigenvalue weighted by molar-refractivity contribution is 9.10. The van der Waals surface area contributed by atoms with Crippen molar-refractivity contribution in [1.82, 2.24) is 0 Å². The smallest absolute Gasteiger partial charge is 0.159 e. The summed E-state index contributed by atoms with van der Waals surface area (Å²) in [5.74, 6) is 0.144. The first-order valence-corrected chi connectivity index (χ1v) is 4.80. The van der Waals surface area contributed by atoms with Crippen LogP contribution >= 0.6 is 15.9 Å². The normalized spacial score (nSPS) is 13.5. The lowest BCUT2D eigenvalue weighted by Crippen LogP contribution is -2.10. The Bertz CT molecular complexity index is 338. The molecule has 0 aliphatic heterocycles. The van der Waals surface area contributed by atoms with Gasteiger partial charge in [-0.3, -0.25) is 4.79 Å². The van der Waals surface area contributed by atoms with E-state index in [-0.39, 0.29) is 5.78 Å². The van der Waals surface area contributed by atoms with Crippen LogP contribution in [0.25, 0.3) is 0 Å². The van der Waals surface area contributed by atoms with Crippen LogP contribution in [0.2, 0.25) is 0 Å². The number of hydrogen-bond donors (Lipinski definition) is 0. The van der Waals surface area contributed by atoms with Crippen molar-refractivity contribution < 1.29 is 4.79 Å². The van der Waals surface area contributed by atoms with Gasteiger partial charge < -0.3 is 0 Å². The predicted molar refractivity (Wildman–Crippen MR) is 51.6 cm³/mol. The van der Waals surface area contributed by atoms with E-state index in [1.54, 1.807) is 6.92 Å². The fourth-order valence-corrected chi connectivity index (χ4v) is 2.18. The molecule has 62 valence electrons. The summed E-state index contributed by atoms with van der Waals surface area (Å²) in [6, 6.07) is 3.92. The largest absolute Gasteiger partial charge is 0.295 e. The van der Waals surface area contributed by atoms with Crippen molar-refractivity contribution in [3.05, 3.63) is 33.3 Å². The summed E-state index contributed by atoms with van der Waals surface area (Å²) < 4.78 is 1.09. The van der Waals surface area contributed by atoms with Crippen LogP contribution in [0.5, 0.6) is 0 Å². The molecule has 0 unspecified atom stereocenters. The molecule has 1 aliphatic carbocycles. The van der Waals surface area contributed by atoms with Gasteiger partial charge in [0.1, 0.15) is 0 Å². The molecule has 1 aromatic rings. The molecule has 0 amide bonds. The number of hydrogen-bond acceptors (Lipinski definition) is 1. The van der Waals surface area contributed by atoms with Crippen LogP contribution in [0.15, 0.2) is 16.6 Å². The van der Waals surface area contributed by atoms with Crippen molar-refractivity contribution in [2.24, 2.45) is 0 Å². The number of aryl methyl sites for hydroxylation is 1. The topological polar surface area (TPSA) is 17.1 Å². The SMILES string of the molecule is CC(=O)c1cc(Br)c2c(c1)CC2. The standard InChI is InChI=1S/C10H9BrO/c1-6(12)8-4-7-2-3-9(7)10(11)5-8/h4-5H,2-3H2,1H3. The van der Waals surface area contributed by atoms with Crippen LogP contribution in [0, 0.1) is 0 Å². The van der Waals surface area contributed by atoms with Gasteiger partial charge >= 0.3 is 0 Å². The summed E-state index contributed by atoms with van der Waals surface area (Å²) >= 11 is 3.46. The van der Waals surface area contributed by atoms with Gasteiger partial charge in [0.2, 0.25) is 0 Å². The molecule has 0 heterocycles. The monoisotopic (exact) mass is 224 g/mol. The van der Waals surface area contributed by atoms with Gasteiger partial charge in [-0.1, -0.05) is 15.9 Å². The number of ketones is 1. The van der Waals surface area contributed by atoms with Gasteiger partial charge in [0, 0.05) is 10.0 Å². The maximum atomic E-state index is 11.1. The third-order valence-electron chi connectivity index (χ3n) is 2.34. The van der Waals surface area contributed by atoms with E-state index in [2.05, 4.69) is 15.9 Å². The minimum absolute atomic E-state index is 0.144. The molecular formula is C10H9BrO. The van der Waals surface area contributed by atoms with Crippen LogP contribution in [-0.2, 0) is 12.8 Å². The molecular weight excluding hydrogens is 216 g/mol. The maximum Gasteiger partial charge on any atom is 0.159 e. The predicted octanol–water partition coefficient (Wildman–Crippen LogP) is 2.75. The molecule has 0 bridgehead atoms. The summed E-state index contributed by atoms with van der Waals surface area (Å²) in [5.41, 5.74) is 3.52. The lowest BCUT2D eigenvalue weighted by atomic mass is 9.87. The molecule has 0 saturated heterocycles. The first-order valence-electron chi connectivity index (χ1n) is 4.00. The van der Waals surface area contributed by atoms with Crippen LogP contribution < -0.4 is 0 Å². The minimum Gasteiger partial charge on any atom is -0.295 e. The number of carbonyl (C=O) groups excluding carboxylic acids is 1. The summed E-state index contributed by atoms with van der Waals surface area (Å²) in [4.78, 5) is 11.1. The Morgan fingerprint density at radius 1 is 1.42 bits per heavy atom. The van der Waals surface area contributed by atoms with Gasteiger partial charge in [0.25, 0.3) is 0 Å². The van der Waals surface area contributed by atoms with Crippen molar-refractivity contribution >= 4 is 21.7 Å². The molecule has 0 atom stereocenters. The van der Waals surface area contributed by atoms with Crippen LogP contribution in [0.4, 0.5) is 0 Å². The Kier molecular flexibility index (Phi) is 1.80. The quantitative estimate of drug-likeness (QED) is 0.671. The van der Waals surface area contributed by atoms with Gasteiger partial charge in [-0.25, -0.2) is 0 Å². The molecule has 0 spiro atoms. The Hall–Kier alpha value is -0.630. The molecule has 0 aromatic heterocycles. The van der Waals surface area contributed by atoms with Crippen molar-refractivity contribution in [2.45, 2.75) is 19.8 Å². The summed E-state index contributed by atoms with van der Waals surface area (Å²) in [6.07, 6.45) is 2.27. The second-order valence-corrected chi connectivity index (χ2v) is 4.01. The molecule has 0 fully saturated rings. The van der Waals surface area contributed by atoms with Crippen LogP contribution in [0.3, 0.4) is 0 Å². The number of Topliss-reactive ketones (excluding diaryl/α,β-unsaturated/α-hetero) is 1. The number of benzene rings is 1. The van der Waals surface area contributed by atoms with E-state index in [9.17, 15) is 4.79 Å². The van der Waals surface area contributed by atoms with Crippen molar-refractivity contribution in [2.75, 3.05) is 0 Å². The number of halogens is 1. The van der Waals surface area contributed by atoms with E-state index < -0.39 is 0 Å². The Morgan fingerprint density at radius 3 is 2.58 bits per heavy atom. The van der Waals surface area contributed by atoms with Gasteiger partial charge in [-0.2, -0.15) is 0 Å². The molecule has 0 radical (unpaired) electrons. The zero-order chi connectivity index (χ0) is 8.72. The number of rotatable bonds is 1. The van der Waals surface area contributed by atoms with E-state index >= 15 is 0 Å². The van der Waals surface area contributed by atoms with E-state index in [4.69, 9.17) is 0 Å². The Labute approximate surface area is 79.9 Å². The molecule has 2 heteroatoms. The molecule has 1 aliphatic rings. The second-order valence-electron chi connectivity index (χ2n) is 3.15. The number of fused-ring (bicyclic) bond motifs is 1. The first-order chi connectivity index (χ1) is 5.68. The summed E-state index contributed by atoms with van der Waals surface area (Å²) in [6.45, 7) is 1.60. The highest BCUT2D eigenvalue weighted by Crippen LogP contribution is 2.31. The molecule has 0 N–H and O–H groups in total. The highest BCUT2D eigenvalue weighted by atomic mass is 79.9. The average Bonchev–Trinajstić information content (AvgIpc) is 1.92. The zero-order valence-electron chi connectivity index (χ0n) is 6.86. The average molecular weight is 225 g/mol. The molecule has 1 nitrogen and oxygen atoms in total. The highest BCUT2D eigenvalue weighted by Gasteiger charge is 2.17. The lowest BCUT2D eigenvalue weighted by Gasteiger charge is -2.20. The summed E-state index contributed by atoms with van der Waals surface area (Å²) in [7, 11) is 0. The molecule has 1 aromatic carbocycles. The number of carbonyl (C=O) groups is 1. The van der Waals surface area contributed by atoms with Gasteiger partial charge in [-0.15, -0.1) is 0 Å². The third kappa shape index (κ3) is 1.11. The maximum absolute atomic E-state index is 11.1. The second kappa shape index (κ2) is 2.70. The Morgan fingerprint density at radius 2 is 2.17 bits per heavy atom. The van der Waals surface area contributed by atoms with Crippen molar-refractivity contribution in [3.8, 4) is 0 Å². The van der Waals surface area contributed by atoms with E-state index in [0.717, 1.165) is 22.9 Å². The van der Waals surface area contributed by atoms with E-state index in [0.29, 0.717) is 0 Å². The van der Waals surface area contributed by atoms with Gasteiger partial charge in [0.15, 0.2) is 5.78 Å². The van der Waals surface area contributed by atoms with Crippen molar-refractivity contribution in [3.63, 3.8) is 0 Å². The van der Waals surface area contributed by atoms with Gasteiger partial charge in [-0.05, 0) is 43.0 Å². The van der Waals surface area contributed by atoms with Gasteiger partial charge in [0.05, 0.1) is 0 Å². The zero-order valence-corrected chi connectivity index (χ0v) is 8.44. The fourth-order valence-electron chi connectivity index (χ4n) is 1.48. The van der Waals surface area contributed by atoms with E-state index in [1.807, 2.05) is 12.1 Å². The Balaban J connectivity index is 2.55. The lowest BCUT2D eigenvalue weighted by molar-refractivity contribution is 0.101. The fraction of sp³-hybridized carbons (Fsp3) is 0.300. The van der Waals surface area contributed by atoms with E-state index in [1.165, 1.54) is 11.1 Å². The third-order valence-corrected chi connectivity index (χ3v) is 3.05. The summed E-state index contributed by atoms with van der Waals surface area (Å²) in [5, 5.41) is 0. The first kappa shape index (κ1) is 7.99. The minimum atomic E-state index is 0.144. The molecule has 2 rings (SSSR count). The van der Waals surface area contributed by atoms with Crippen molar-refractivity contribution in [1.29, 1.82) is 0 Å².